The van der Waals surface area contributed by atoms with Crippen molar-refractivity contribution in [3.63, 3.8) is 0 Å². The summed E-state index contributed by atoms with van der Waals surface area (Å²) in [6, 6.07) is 1.67. The van der Waals surface area contributed by atoms with Gasteiger partial charge in [-0.1, -0.05) is 19.8 Å². The highest BCUT2D eigenvalue weighted by Crippen LogP contribution is 2.39. The monoisotopic (exact) mass is 381 g/mol. The van der Waals surface area contributed by atoms with Crippen molar-refractivity contribution < 1.29 is 4.79 Å². The summed E-state index contributed by atoms with van der Waals surface area (Å²) in [4.78, 5) is 24.2. The van der Waals surface area contributed by atoms with E-state index in [1.807, 2.05) is 6.92 Å². The summed E-state index contributed by atoms with van der Waals surface area (Å²) in [7, 11) is 0. The first-order valence-electron chi connectivity index (χ1n) is 9.44. The van der Waals surface area contributed by atoms with Crippen LogP contribution in [0.15, 0.2) is 18.5 Å². The molecule has 0 spiro atoms. The number of carbonyl (C=O) groups is 1. The second kappa shape index (κ2) is 7.02. The number of rotatable bonds is 5. The third-order valence-corrected chi connectivity index (χ3v) is 5.43. The Kier molecular flexibility index (Phi) is 4.54. The molecule has 0 radical (unpaired) electrons. The molecule has 0 bridgehead atoms. The summed E-state index contributed by atoms with van der Waals surface area (Å²) >= 11 is 0. The number of aromatic nitrogens is 4. The first-order chi connectivity index (χ1) is 13.5. The van der Waals surface area contributed by atoms with Crippen LogP contribution in [0.2, 0.25) is 0 Å². The number of anilines is 2. The van der Waals surface area contributed by atoms with Crippen LogP contribution in [0.4, 0.5) is 11.5 Å². The summed E-state index contributed by atoms with van der Waals surface area (Å²) in [5.74, 6) is 0.768. The van der Waals surface area contributed by atoms with Gasteiger partial charge in [0.2, 0.25) is 0 Å². The molecule has 1 fully saturated rings. The number of nitrogens with two attached hydrogens (primary N) is 1. The van der Waals surface area contributed by atoms with Gasteiger partial charge in [0.05, 0.1) is 18.6 Å². The van der Waals surface area contributed by atoms with E-state index in [0.717, 1.165) is 38.4 Å². The van der Waals surface area contributed by atoms with Gasteiger partial charge in [0.15, 0.2) is 5.82 Å². The lowest BCUT2D eigenvalue weighted by molar-refractivity contribution is 0.0995. The predicted octanol–water partition coefficient (Wildman–Crippen LogP) is 1.69. The summed E-state index contributed by atoms with van der Waals surface area (Å²) in [6.07, 6.45) is 9.52. The molecule has 1 amide bonds. The van der Waals surface area contributed by atoms with Crippen molar-refractivity contribution in [2.24, 2.45) is 5.73 Å². The predicted molar refractivity (Wildman–Crippen MR) is 105 cm³/mol. The van der Waals surface area contributed by atoms with E-state index in [2.05, 4.69) is 15.0 Å². The van der Waals surface area contributed by atoms with Crippen molar-refractivity contribution in [2.75, 3.05) is 9.80 Å². The molecular weight excluding hydrogens is 358 g/mol. The minimum Gasteiger partial charge on any atom is -0.364 e. The minimum absolute atomic E-state index is 0.142. The van der Waals surface area contributed by atoms with Crippen LogP contribution in [0, 0.1) is 10.8 Å². The molecule has 1 aliphatic carbocycles. The summed E-state index contributed by atoms with van der Waals surface area (Å²) in [6.45, 7) is 2.04. The molecule has 28 heavy (non-hydrogen) atoms. The highest BCUT2D eigenvalue weighted by atomic mass is 16.1. The van der Waals surface area contributed by atoms with Gasteiger partial charge in [0, 0.05) is 12.2 Å². The number of amides is 1. The topological polar surface area (TPSA) is 141 Å². The van der Waals surface area contributed by atoms with E-state index in [1.54, 1.807) is 12.4 Å². The van der Waals surface area contributed by atoms with Crippen LogP contribution < -0.4 is 15.5 Å². The van der Waals surface area contributed by atoms with E-state index in [-0.39, 0.29) is 11.7 Å². The number of carbonyl (C=O) groups excluding carboxylic acids is 1. The zero-order chi connectivity index (χ0) is 19.8. The molecule has 2 aromatic rings. The molecule has 0 aromatic carbocycles. The lowest BCUT2D eigenvalue weighted by Crippen LogP contribution is -2.56. The molecule has 1 atom stereocenters. The second-order valence-corrected chi connectivity index (χ2v) is 7.04. The maximum absolute atomic E-state index is 11.3. The van der Waals surface area contributed by atoms with Gasteiger partial charge in [-0.3, -0.25) is 20.5 Å². The molecule has 10 heteroatoms. The standard InChI is InChI=1S/C18H23N9O/c1-2-13-15(20)25(10-19)14-9-22-18(26-8-7-12(24-26)16(21)28)23-17(14)27(13)11-5-3-4-6-11/h7-11,13,19-20H,2-6H2,1H3,(H2,21,28)/t13-/m1/s1. The fourth-order valence-electron chi connectivity index (χ4n) is 4.10. The van der Waals surface area contributed by atoms with Crippen molar-refractivity contribution in [1.82, 2.24) is 19.7 Å². The molecule has 2 aliphatic rings. The van der Waals surface area contributed by atoms with Gasteiger partial charge < -0.3 is 10.6 Å². The van der Waals surface area contributed by atoms with Gasteiger partial charge in [0.1, 0.15) is 17.2 Å². The van der Waals surface area contributed by atoms with E-state index in [4.69, 9.17) is 21.5 Å². The van der Waals surface area contributed by atoms with Gasteiger partial charge in [-0.05, 0) is 25.3 Å². The van der Waals surface area contributed by atoms with E-state index < -0.39 is 5.91 Å². The highest BCUT2D eigenvalue weighted by molar-refractivity contribution is 6.16. The molecule has 1 saturated carbocycles. The van der Waals surface area contributed by atoms with E-state index in [0.29, 0.717) is 29.3 Å². The van der Waals surface area contributed by atoms with Crippen LogP contribution in [0.5, 0.6) is 0 Å². The number of hydrogen-bond donors (Lipinski definition) is 3. The normalized spacial score (nSPS) is 19.8. The Morgan fingerprint density at radius 2 is 2.14 bits per heavy atom. The molecule has 10 nitrogen and oxygen atoms in total. The summed E-state index contributed by atoms with van der Waals surface area (Å²) in [5.41, 5.74) is 6.04. The quantitative estimate of drug-likeness (QED) is 0.532. The Balaban J connectivity index is 1.84. The van der Waals surface area contributed by atoms with E-state index in [1.165, 1.54) is 15.6 Å². The van der Waals surface area contributed by atoms with E-state index >= 15 is 0 Å². The Hall–Kier alpha value is -3.30. The van der Waals surface area contributed by atoms with Crippen molar-refractivity contribution in [3.05, 3.63) is 24.2 Å². The highest BCUT2D eigenvalue weighted by Gasteiger charge is 2.40. The number of primary amides is 1. The van der Waals surface area contributed by atoms with Gasteiger partial charge in [-0.2, -0.15) is 10.1 Å². The number of nitrogens with zero attached hydrogens (tertiary/aromatic N) is 6. The number of hydrogen-bond acceptors (Lipinski definition) is 7. The zero-order valence-electron chi connectivity index (χ0n) is 15.7. The second-order valence-electron chi connectivity index (χ2n) is 7.04. The largest absolute Gasteiger partial charge is 0.364 e. The molecule has 4 N–H and O–H groups in total. The molecule has 1 aliphatic heterocycles. The van der Waals surface area contributed by atoms with Crippen LogP contribution in [0.3, 0.4) is 0 Å². The van der Waals surface area contributed by atoms with Gasteiger partial charge in [0.25, 0.3) is 11.9 Å². The molecule has 146 valence electrons. The third-order valence-electron chi connectivity index (χ3n) is 5.43. The summed E-state index contributed by atoms with van der Waals surface area (Å²) in [5, 5.41) is 20.5. The SMILES string of the molecule is CC[C@@H]1C(=N)N(C=N)c2cnc(-n3ccc(C(N)=O)n3)nc2N1C1CCCC1. The zero-order valence-corrected chi connectivity index (χ0v) is 15.7. The van der Waals surface area contributed by atoms with Crippen LogP contribution in [-0.2, 0) is 0 Å². The van der Waals surface area contributed by atoms with Crippen molar-refractivity contribution in [1.29, 1.82) is 10.8 Å². The van der Waals surface area contributed by atoms with Crippen LogP contribution >= 0.6 is 0 Å². The Labute approximate surface area is 162 Å². The lowest BCUT2D eigenvalue weighted by atomic mass is 10.0. The van der Waals surface area contributed by atoms with Crippen LogP contribution in [0.1, 0.15) is 49.5 Å². The van der Waals surface area contributed by atoms with E-state index in [9.17, 15) is 4.79 Å². The first kappa shape index (κ1) is 18.1. The molecule has 3 heterocycles. The van der Waals surface area contributed by atoms with Gasteiger partial charge >= 0.3 is 0 Å². The summed E-state index contributed by atoms with van der Waals surface area (Å²) < 4.78 is 1.42. The van der Waals surface area contributed by atoms with Gasteiger partial charge in [-0.25, -0.2) is 9.67 Å². The number of amidine groups is 1. The molecule has 2 aromatic heterocycles. The average molecular weight is 381 g/mol. The van der Waals surface area contributed by atoms with Crippen LogP contribution in [0.25, 0.3) is 5.95 Å². The number of nitrogens with one attached hydrogen (secondary N) is 2. The lowest BCUT2D eigenvalue weighted by Gasteiger charge is -2.44. The molecular formula is C18H23N9O. The number of fused-ring (bicyclic) bond motifs is 1. The maximum atomic E-state index is 11.3. The Morgan fingerprint density at radius 3 is 2.75 bits per heavy atom. The van der Waals surface area contributed by atoms with Gasteiger partial charge in [-0.15, -0.1) is 0 Å². The fraction of sp³-hybridized carbons (Fsp3) is 0.444. The van der Waals surface area contributed by atoms with Crippen LogP contribution in [-0.4, -0.2) is 49.9 Å². The average Bonchev–Trinajstić information content (AvgIpc) is 3.39. The fourth-order valence-corrected chi connectivity index (χ4v) is 4.10. The molecule has 0 unspecified atom stereocenters. The maximum Gasteiger partial charge on any atom is 0.269 e. The third kappa shape index (κ3) is 2.81. The van der Waals surface area contributed by atoms with Crippen molar-refractivity contribution >= 4 is 29.6 Å². The first-order valence-corrected chi connectivity index (χ1v) is 9.44. The van der Waals surface area contributed by atoms with Crippen molar-refractivity contribution in [3.8, 4) is 5.95 Å². The Morgan fingerprint density at radius 1 is 1.39 bits per heavy atom. The molecule has 4 rings (SSSR count). The molecule has 0 saturated heterocycles. The van der Waals surface area contributed by atoms with Crippen molar-refractivity contribution in [2.45, 2.75) is 51.1 Å². The minimum atomic E-state index is -0.612. The Bertz CT molecular complexity index is 931. The smallest absolute Gasteiger partial charge is 0.269 e.